The molecule has 0 radical (unpaired) electrons. The largest absolute Gasteiger partial charge is 0.465 e. The minimum atomic E-state index is -0.415. The number of ether oxygens (including phenoxy) is 1. The predicted molar refractivity (Wildman–Crippen MR) is 145 cm³/mol. The van der Waals surface area contributed by atoms with Crippen molar-refractivity contribution >= 4 is 28.5 Å². The maximum atomic E-state index is 12.0. The highest BCUT2D eigenvalue weighted by atomic mass is 16.5. The predicted octanol–water partition coefficient (Wildman–Crippen LogP) is 5.57. The summed E-state index contributed by atoms with van der Waals surface area (Å²) in [6.45, 7) is 2.52. The van der Waals surface area contributed by atoms with Gasteiger partial charge < -0.3 is 15.0 Å². The van der Waals surface area contributed by atoms with Crippen molar-refractivity contribution in [3.8, 4) is 11.1 Å². The van der Waals surface area contributed by atoms with Gasteiger partial charge in [0.05, 0.1) is 18.2 Å². The second kappa shape index (κ2) is 10.3. The normalized spacial score (nSPS) is 17.8. The van der Waals surface area contributed by atoms with Crippen LogP contribution in [0.2, 0.25) is 0 Å². The van der Waals surface area contributed by atoms with E-state index < -0.39 is 5.97 Å². The fourth-order valence-electron chi connectivity index (χ4n) is 5.74. The van der Waals surface area contributed by atoms with Crippen LogP contribution in [0.4, 0.5) is 11.6 Å². The number of rotatable bonds is 5. The fraction of sp³-hybridized carbons (Fsp3) is 0.333. The maximum absolute atomic E-state index is 12.0. The van der Waals surface area contributed by atoms with Gasteiger partial charge in [-0.25, -0.2) is 14.8 Å². The number of esters is 1. The van der Waals surface area contributed by atoms with Gasteiger partial charge in [-0.05, 0) is 80.9 Å². The number of carbonyl (C=O) groups is 1. The van der Waals surface area contributed by atoms with E-state index >= 15 is 0 Å². The van der Waals surface area contributed by atoms with Gasteiger partial charge in [-0.2, -0.15) is 0 Å². The summed E-state index contributed by atoms with van der Waals surface area (Å²) >= 11 is 0. The summed E-state index contributed by atoms with van der Waals surface area (Å²) in [5.74, 6) is 0.127. The summed E-state index contributed by atoms with van der Waals surface area (Å²) in [5, 5.41) is 4.35. The summed E-state index contributed by atoms with van der Waals surface area (Å²) in [7, 11) is 1.37. The topological polar surface area (TPSA) is 80.2 Å². The second-order valence-electron chi connectivity index (χ2n) is 9.97. The highest BCUT2D eigenvalue weighted by Crippen LogP contribution is 2.30. The molecule has 0 unspecified atom stereocenters. The highest BCUT2D eigenvalue weighted by molar-refractivity contribution is 5.96. The van der Waals surface area contributed by atoms with Gasteiger partial charge in [-0.3, -0.25) is 4.98 Å². The first-order valence-corrected chi connectivity index (χ1v) is 13.1. The number of benzene rings is 2. The molecule has 1 aliphatic heterocycles. The molecular formula is C30H31N5O2. The number of nitrogens with zero attached hydrogens (tertiary/aromatic N) is 4. The molecule has 2 aromatic heterocycles. The third-order valence-corrected chi connectivity index (χ3v) is 7.69. The summed E-state index contributed by atoms with van der Waals surface area (Å²) in [6, 6.07) is 15.1. The Bertz CT molecular complexity index is 1450. The molecule has 4 aromatic rings. The maximum Gasteiger partial charge on any atom is 0.339 e. The van der Waals surface area contributed by atoms with Crippen LogP contribution in [0, 0.1) is 0 Å². The first-order valence-electron chi connectivity index (χ1n) is 13.1. The molecule has 0 spiro atoms. The van der Waals surface area contributed by atoms with E-state index in [1.165, 1.54) is 63.2 Å². The van der Waals surface area contributed by atoms with Crippen molar-refractivity contribution in [1.29, 1.82) is 0 Å². The minimum Gasteiger partial charge on any atom is -0.465 e. The number of para-hydroxylation sites is 1. The van der Waals surface area contributed by atoms with E-state index in [0.717, 1.165) is 40.6 Å². The van der Waals surface area contributed by atoms with Gasteiger partial charge in [0, 0.05) is 46.8 Å². The SMILES string of the molecule is COC(=O)c1cncc(-c2cccc3cnc(Nc4ccc5c(c4)CC[C@@H](N4CCCC4)CC5)nc23)c1. The molecule has 1 N–H and O–H groups in total. The molecule has 1 fully saturated rings. The van der Waals surface area contributed by atoms with Gasteiger partial charge in [-0.15, -0.1) is 0 Å². The number of anilines is 2. The Balaban J connectivity index is 1.26. The van der Waals surface area contributed by atoms with Crippen LogP contribution < -0.4 is 5.32 Å². The van der Waals surface area contributed by atoms with E-state index in [2.05, 4.69) is 38.4 Å². The number of aryl methyl sites for hydroxylation is 2. The number of pyridine rings is 1. The Hall–Kier alpha value is -3.84. The average Bonchev–Trinajstić information content (AvgIpc) is 3.40. The standard InChI is InChI=1S/C30H31N5O2/c1-37-29(36)24-15-23(17-31-18-24)27-6-4-5-22-19-32-30(34-28(22)27)33-25-10-7-20-8-11-26(12-9-21(20)16-25)35-13-2-3-14-35/h4-7,10,15-19,26H,2-3,8-9,11-14H2,1H3,(H,32,33,34)/t26-/m0/s1. The first kappa shape index (κ1) is 23.6. The van der Waals surface area contributed by atoms with Crippen LogP contribution in [-0.2, 0) is 17.6 Å². The molecule has 7 nitrogen and oxygen atoms in total. The van der Waals surface area contributed by atoms with Gasteiger partial charge in [-0.1, -0.05) is 24.3 Å². The number of hydrogen-bond acceptors (Lipinski definition) is 7. The van der Waals surface area contributed by atoms with Crippen molar-refractivity contribution in [1.82, 2.24) is 19.9 Å². The van der Waals surface area contributed by atoms with Crippen molar-refractivity contribution in [3.63, 3.8) is 0 Å². The zero-order chi connectivity index (χ0) is 25.2. The molecule has 3 heterocycles. The van der Waals surface area contributed by atoms with Crippen LogP contribution in [0.1, 0.15) is 47.2 Å². The van der Waals surface area contributed by atoms with Crippen molar-refractivity contribution in [2.75, 3.05) is 25.5 Å². The van der Waals surface area contributed by atoms with Crippen molar-refractivity contribution in [2.45, 2.75) is 44.6 Å². The number of hydrogen-bond donors (Lipinski definition) is 1. The molecule has 2 aliphatic rings. The van der Waals surface area contributed by atoms with Gasteiger partial charge in [0.25, 0.3) is 0 Å². The Morgan fingerprint density at radius 2 is 1.84 bits per heavy atom. The van der Waals surface area contributed by atoms with Crippen molar-refractivity contribution < 1.29 is 9.53 Å². The van der Waals surface area contributed by atoms with E-state index in [0.29, 0.717) is 17.6 Å². The van der Waals surface area contributed by atoms with Crippen molar-refractivity contribution in [3.05, 3.63) is 77.7 Å². The number of fused-ring (bicyclic) bond motifs is 2. The molecule has 6 rings (SSSR count). The fourth-order valence-corrected chi connectivity index (χ4v) is 5.74. The van der Waals surface area contributed by atoms with Crippen LogP contribution in [0.3, 0.4) is 0 Å². The van der Waals surface area contributed by atoms with E-state index in [-0.39, 0.29) is 0 Å². The quantitative estimate of drug-likeness (QED) is 0.288. The number of nitrogens with one attached hydrogen (secondary N) is 1. The van der Waals surface area contributed by atoms with E-state index in [1.54, 1.807) is 12.3 Å². The average molecular weight is 494 g/mol. The summed E-state index contributed by atoms with van der Waals surface area (Å²) in [6.07, 6.45) is 12.5. The summed E-state index contributed by atoms with van der Waals surface area (Å²) in [4.78, 5) is 28.4. The molecule has 7 heteroatoms. The summed E-state index contributed by atoms with van der Waals surface area (Å²) < 4.78 is 4.86. The van der Waals surface area contributed by atoms with Crippen LogP contribution in [0.5, 0.6) is 0 Å². The zero-order valence-corrected chi connectivity index (χ0v) is 21.1. The molecule has 0 saturated carbocycles. The van der Waals surface area contributed by atoms with E-state index in [9.17, 15) is 4.79 Å². The lowest BCUT2D eigenvalue weighted by atomic mass is 10.0. The van der Waals surface area contributed by atoms with Gasteiger partial charge in [0.1, 0.15) is 0 Å². The Morgan fingerprint density at radius 3 is 2.68 bits per heavy atom. The molecule has 1 atom stereocenters. The zero-order valence-electron chi connectivity index (χ0n) is 21.1. The molecule has 0 amide bonds. The third kappa shape index (κ3) is 4.91. The van der Waals surface area contributed by atoms with Crippen LogP contribution in [0.15, 0.2) is 61.1 Å². The number of carbonyl (C=O) groups excluding carboxylic acids is 1. The lowest BCUT2D eigenvalue weighted by Gasteiger charge is -2.25. The lowest BCUT2D eigenvalue weighted by molar-refractivity contribution is 0.0600. The van der Waals surface area contributed by atoms with Gasteiger partial charge in [0.2, 0.25) is 5.95 Å². The number of aromatic nitrogens is 3. The van der Waals surface area contributed by atoms with Gasteiger partial charge >= 0.3 is 5.97 Å². The van der Waals surface area contributed by atoms with Gasteiger partial charge in [0.15, 0.2) is 0 Å². The molecule has 2 aromatic carbocycles. The summed E-state index contributed by atoms with van der Waals surface area (Å²) in [5.41, 5.74) is 6.79. The Labute approximate surface area is 216 Å². The van der Waals surface area contributed by atoms with Crippen LogP contribution in [-0.4, -0.2) is 52.1 Å². The molecule has 188 valence electrons. The van der Waals surface area contributed by atoms with E-state index in [4.69, 9.17) is 9.72 Å². The smallest absolute Gasteiger partial charge is 0.339 e. The minimum absolute atomic E-state index is 0.404. The highest BCUT2D eigenvalue weighted by Gasteiger charge is 2.24. The molecule has 1 aliphatic carbocycles. The Kier molecular flexibility index (Phi) is 6.53. The van der Waals surface area contributed by atoms with Crippen LogP contribution >= 0.6 is 0 Å². The van der Waals surface area contributed by atoms with Crippen LogP contribution in [0.25, 0.3) is 22.0 Å². The first-order chi connectivity index (χ1) is 18.2. The Morgan fingerprint density at radius 1 is 1.00 bits per heavy atom. The third-order valence-electron chi connectivity index (χ3n) is 7.69. The second-order valence-corrected chi connectivity index (χ2v) is 9.97. The van der Waals surface area contributed by atoms with E-state index in [1.807, 2.05) is 24.4 Å². The molecule has 37 heavy (non-hydrogen) atoms. The molecular weight excluding hydrogens is 462 g/mol. The number of methoxy groups -OCH3 is 1. The molecule has 0 bridgehead atoms. The molecule has 1 saturated heterocycles. The lowest BCUT2D eigenvalue weighted by Crippen LogP contribution is -2.32. The number of likely N-dealkylation sites (tertiary alicyclic amines) is 1. The monoisotopic (exact) mass is 493 g/mol. The van der Waals surface area contributed by atoms with Crippen molar-refractivity contribution in [2.24, 2.45) is 0 Å².